The summed E-state index contributed by atoms with van der Waals surface area (Å²) in [4.78, 5) is 14.4. The van der Waals surface area contributed by atoms with E-state index in [0.29, 0.717) is 19.1 Å². The van der Waals surface area contributed by atoms with Gasteiger partial charge in [-0.3, -0.25) is 0 Å². The molecule has 1 fully saturated rings. The quantitative estimate of drug-likeness (QED) is 0.664. The Bertz CT molecular complexity index is 735. The van der Waals surface area contributed by atoms with Gasteiger partial charge in [0.1, 0.15) is 12.4 Å². The molecule has 0 bridgehead atoms. The number of rotatable bonds is 7. The SMILES string of the molecule is CC(C)c1ccc(OCCNC(=O)Nc2ccc(N3CCCCC3)cc2)cc1. The van der Waals surface area contributed by atoms with Crippen LogP contribution >= 0.6 is 0 Å². The van der Waals surface area contributed by atoms with Crippen molar-refractivity contribution in [2.24, 2.45) is 0 Å². The molecule has 150 valence electrons. The molecule has 0 unspecified atom stereocenters. The number of amides is 2. The van der Waals surface area contributed by atoms with E-state index in [1.54, 1.807) is 0 Å². The van der Waals surface area contributed by atoms with Gasteiger partial charge in [-0.15, -0.1) is 0 Å². The number of hydrogen-bond acceptors (Lipinski definition) is 3. The molecule has 1 heterocycles. The Morgan fingerprint density at radius 2 is 1.68 bits per heavy atom. The molecule has 2 N–H and O–H groups in total. The molecule has 0 aliphatic carbocycles. The monoisotopic (exact) mass is 381 g/mol. The highest BCUT2D eigenvalue weighted by Gasteiger charge is 2.10. The van der Waals surface area contributed by atoms with Crippen LogP contribution in [-0.4, -0.2) is 32.3 Å². The second-order valence-electron chi connectivity index (χ2n) is 7.55. The maximum absolute atomic E-state index is 12.0. The zero-order chi connectivity index (χ0) is 19.8. The van der Waals surface area contributed by atoms with Gasteiger partial charge in [-0.2, -0.15) is 0 Å². The fraction of sp³-hybridized carbons (Fsp3) is 0.435. The van der Waals surface area contributed by atoms with Crippen LogP contribution in [0.1, 0.15) is 44.6 Å². The molecule has 28 heavy (non-hydrogen) atoms. The number of nitrogens with zero attached hydrogens (tertiary/aromatic N) is 1. The first-order valence-electron chi connectivity index (χ1n) is 10.2. The Morgan fingerprint density at radius 3 is 2.32 bits per heavy atom. The highest BCUT2D eigenvalue weighted by atomic mass is 16.5. The molecule has 1 aliphatic rings. The van der Waals surface area contributed by atoms with Crippen LogP contribution in [0, 0.1) is 0 Å². The predicted octanol–water partition coefficient (Wildman–Crippen LogP) is 5.00. The number of piperidine rings is 1. The molecule has 0 radical (unpaired) electrons. The second kappa shape index (κ2) is 10.0. The van der Waals surface area contributed by atoms with Crippen molar-refractivity contribution in [3.8, 4) is 5.75 Å². The zero-order valence-corrected chi connectivity index (χ0v) is 16.9. The molecule has 0 atom stereocenters. The van der Waals surface area contributed by atoms with Gasteiger partial charge >= 0.3 is 6.03 Å². The van der Waals surface area contributed by atoms with Crippen LogP contribution in [0.5, 0.6) is 5.75 Å². The van der Waals surface area contributed by atoms with E-state index in [2.05, 4.69) is 53.6 Å². The standard InChI is InChI=1S/C23H31N3O2/c1-18(2)19-6-12-22(13-7-19)28-17-14-24-23(27)25-20-8-10-21(11-9-20)26-15-4-3-5-16-26/h6-13,18H,3-5,14-17H2,1-2H3,(H2,24,25,27). The number of hydrogen-bond donors (Lipinski definition) is 2. The number of urea groups is 1. The van der Waals surface area contributed by atoms with Crippen molar-refractivity contribution < 1.29 is 9.53 Å². The van der Waals surface area contributed by atoms with Gasteiger partial charge in [0.05, 0.1) is 6.54 Å². The molecule has 0 spiro atoms. The minimum Gasteiger partial charge on any atom is -0.492 e. The normalized spacial score (nSPS) is 14.0. The lowest BCUT2D eigenvalue weighted by molar-refractivity contribution is 0.247. The predicted molar refractivity (Wildman–Crippen MR) is 116 cm³/mol. The first-order chi connectivity index (χ1) is 13.6. The maximum Gasteiger partial charge on any atom is 0.319 e. The van der Waals surface area contributed by atoms with Crippen molar-refractivity contribution in [2.45, 2.75) is 39.0 Å². The maximum atomic E-state index is 12.0. The van der Waals surface area contributed by atoms with E-state index >= 15 is 0 Å². The van der Waals surface area contributed by atoms with Gasteiger partial charge in [-0.05, 0) is 67.1 Å². The largest absolute Gasteiger partial charge is 0.492 e. The molecule has 3 rings (SSSR count). The number of ether oxygens (including phenoxy) is 1. The summed E-state index contributed by atoms with van der Waals surface area (Å²) in [5.41, 5.74) is 3.31. The van der Waals surface area contributed by atoms with Crippen molar-refractivity contribution >= 4 is 17.4 Å². The van der Waals surface area contributed by atoms with Crippen molar-refractivity contribution in [3.05, 3.63) is 54.1 Å². The average molecular weight is 382 g/mol. The summed E-state index contributed by atoms with van der Waals surface area (Å²) >= 11 is 0. The van der Waals surface area contributed by atoms with E-state index in [9.17, 15) is 4.79 Å². The van der Waals surface area contributed by atoms with Gasteiger partial charge in [0.15, 0.2) is 0 Å². The summed E-state index contributed by atoms with van der Waals surface area (Å²) in [6.07, 6.45) is 3.84. The van der Waals surface area contributed by atoms with Gasteiger partial charge in [-0.25, -0.2) is 4.79 Å². The summed E-state index contributed by atoms with van der Waals surface area (Å²) in [5.74, 6) is 1.33. The number of carbonyl (C=O) groups excluding carboxylic acids is 1. The van der Waals surface area contributed by atoms with Crippen LogP contribution in [-0.2, 0) is 0 Å². The number of nitrogens with one attached hydrogen (secondary N) is 2. The highest BCUT2D eigenvalue weighted by molar-refractivity contribution is 5.89. The van der Waals surface area contributed by atoms with Crippen LogP contribution in [0.3, 0.4) is 0 Å². The summed E-state index contributed by atoms with van der Waals surface area (Å²) < 4.78 is 5.68. The Kier molecular flexibility index (Phi) is 7.18. The van der Waals surface area contributed by atoms with Crippen LogP contribution in [0.2, 0.25) is 0 Å². The van der Waals surface area contributed by atoms with Crippen molar-refractivity contribution in [2.75, 3.05) is 36.5 Å². The number of carbonyl (C=O) groups is 1. The van der Waals surface area contributed by atoms with E-state index < -0.39 is 0 Å². The average Bonchev–Trinajstić information content (AvgIpc) is 2.73. The molecule has 0 saturated carbocycles. The molecule has 5 heteroatoms. The van der Waals surface area contributed by atoms with E-state index in [1.807, 2.05) is 24.3 Å². The Labute approximate surface area is 168 Å². The first-order valence-corrected chi connectivity index (χ1v) is 10.2. The lowest BCUT2D eigenvalue weighted by atomic mass is 10.0. The van der Waals surface area contributed by atoms with Gasteiger partial charge in [-0.1, -0.05) is 26.0 Å². The highest BCUT2D eigenvalue weighted by Crippen LogP contribution is 2.22. The fourth-order valence-corrected chi connectivity index (χ4v) is 3.37. The van der Waals surface area contributed by atoms with Crippen molar-refractivity contribution in [1.29, 1.82) is 0 Å². The Hall–Kier alpha value is -2.69. The van der Waals surface area contributed by atoms with Gasteiger partial charge in [0.2, 0.25) is 0 Å². The molecule has 5 nitrogen and oxygen atoms in total. The van der Waals surface area contributed by atoms with Gasteiger partial charge in [0.25, 0.3) is 0 Å². The molecular weight excluding hydrogens is 350 g/mol. The van der Waals surface area contributed by atoms with Crippen LogP contribution in [0.15, 0.2) is 48.5 Å². The van der Waals surface area contributed by atoms with Crippen LogP contribution in [0.25, 0.3) is 0 Å². The van der Waals surface area contributed by atoms with Crippen LogP contribution in [0.4, 0.5) is 16.2 Å². The van der Waals surface area contributed by atoms with E-state index in [4.69, 9.17) is 4.74 Å². The topological polar surface area (TPSA) is 53.6 Å². The van der Waals surface area contributed by atoms with Crippen LogP contribution < -0.4 is 20.3 Å². The lowest BCUT2D eigenvalue weighted by Gasteiger charge is -2.28. The Balaban J connectivity index is 1.37. The molecule has 2 aromatic rings. The lowest BCUT2D eigenvalue weighted by Crippen LogP contribution is -2.32. The Morgan fingerprint density at radius 1 is 1.00 bits per heavy atom. The van der Waals surface area contributed by atoms with Gasteiger partial charge in [0, 0.05) is 24.5 Å². The fourth-order valence-electron chi connectivity index (χ4n) is 3.37. The van der Waals surface area contributed by atoms with E-state index in [-0.39, 0.29) is 6.03 Å². The van der Waals surface area contributed by atoms with Crippen molar-refractivity contribution in [1.82, 2.24) is 5.32 Å². The third-order valence-corrected chi connectivity index (χ3v) is 5.05. The molecule has 1 saturated heterocycles. The molecular formula is C23H31N3O2. The number of benzene rings is 2. The zero-order valence-electron chi connectivity index (χ0n) is 16.9. The summed E-state index contributed by atoms with van der Waals surface area (Å²) in [5, 5.41) is 5.69. The van der Waals surface area contributed by atoms with Crippen molar-refractivity contribution in [3.63, 3.8) is 0 Å². The van der Waals surface area contributed by atoms with E-state index in [1.165, 1.54) is 30.5 Å². The molecule has 1 aliphatic heterocycles. The molecule has 2 aromatic carbocycles. The summed E-state index contributed by atoms with van der Waals surface area (Å²) in [6.45, 7) is 7.45. The smallest absolute Gasteiger partial charge is 0.319 e. The van der Waals surface area contributed by atoms with Gasteiger partial charge < -0.3 is 20.3 Å². The molecule has 2 amide bonds. The minimum absolute atomic E-state index is 0.218. The summed E-state index contributed by atoms with van der Waals surface area (Å²) in [6, 6.07) is 15.9. The minimum atomic E-state index is -0.218. The number of anilines is 2. The second-order valence-corrected chi connectivity index (χ2v) is 7.55. The third kappa shape index (κ3) is 5.91. The first kappa shape index (κ1) is 20.1. The summed E-state index contributed by atoms with van der Waals surface area (Å²) in [7, 11) is 0. The third-order valence-electron chi connectivity index (χ3n) is 5.05. The van der Waals surface area contributed by atoms with E-state index in [0.717, 1.165) is 24.5 Å². The molecule has 0 aromatic heterocycles.